The van der Waals surface area contributed by atoms with Crippen molar-refractivity contribution in [3.8, 4) is 0 Å². The van der Waals surface area contributed by atoms with Gasteiger partial charge >= 0.3 is 5.97 Å². The van der Waals surface area contributed by atoms with E-state index < -0.39 is 12.0 Å². The van der Waals surface area contributed by atoms with Gasteiger partial charge in [0.1, 0.15) is 6.04 Å². The largest absolute Gasteiger partial charge is 0.480 e. The minimum Gasteiger partial charge on any atom is -0.480 e. The van der Waals surface area contributed by atoms with Crippen molar-refractivity contribution < 1.29 is 14.7 Å². The normalized spacial score (nSPS) is 13.8. The summed E-state index contributed by atoms with van der Waals surface area (Å²) in [6.07, 6.45) is 0.919. The molecule has 0 unspecified atom stereocenters. The third-order valence-corrected chi connectivity index (χ3v) is 4.72. The topological polar surface area (TPSA) is 66.4 Å². The van der Waals surface area contributed by atoms with E-state index >= 15 is 0 Å². The molecular formula is C16H19NO3S. The lowest BCUT2D eigenvalue weighted by Gasteiger charge is -2.20. The number of carbonyl (C=O) groups excluding carboxylic acids is 1. The second kappa shape index (κ2) is 6.72. The van der Waals surface area contributed by atoms with E-state index in [0.29, 0.717) is 6.42 Å². The van der Waals surface area contributed by atoms with E-state index in [0.717, 1.165) is 15.6 Å². The van der Waals surface area contributed by atoms with Crippen LogP contribution in [0, 0.1) is 5.92 Å². The van der Waals surface area contributed by atoms with E-state index in [1.165, 1.54) is 0 Å². The molecule has 0 saturated carbocycles. The Morgan fingerprint density at radius 1 is 1.33 bits per heavy atom. The molecule has 2 N–H and O–H groups in total. The number of carboxylic acids is 1. The zero-order valence-corrected chi connectivity index (χ0v) is 12.9. The summed E-state index contributed by atoms with van der Waals surface area (Å²) in [4.78, 5) is 23.4. The zero-order valence-electron chi connectivity index (χ0n) is 12.1. The number of fused-ring (bicyclic) bond motifs is 1. The lowest BCUT2D eigenvalue weighted by atomic mass is 9.99. The van der Waals surface area contributed by atoms with Crippen molar-refractivity contribution >= 4 is 33.3 Å². The fraction of sp³-hybridized carbons (Fsp3) is 0.375. The van der Waals surface area contributed by atoms with Crippen LogP contribution in [0.5, 0.6) is 0 Å². The van der Waals surface area contributed by atoms with E-state index in [1.807, 2.05) is 43.5 Å². The molecule has 5 heteroatoms. The first-order chi connectivity index (χ1) is 10.0. The van der Waals surface area contributed by atoms with Crippen molar-refractivity contribution in [2.75, 3.05) is 0 Å². The monoisotopic (exact) mass is 305 g/mol. The molecule has 0 aliphatic rings. The van der Waals surface area contributed by atoms with Gasteiger partial charge in [0.25, 0.3) is 0 Å². The molecule has 0 spiro atoms. The minimum absolute atomic E-state index is 0.0920. The number of nitrogens with one attached hydrogen (secondary N) is 1. The fourth-order valence-corrected chi connectivity index (χ4v) is 3.21. The first-order valence-corrected chi connectivity index (χ1v) is 7.88. The first-order valence-electron chi connectivity index (χ1n) is 7.00. The van der Waals surface area contributed by atoms with Gasteiger partial charge in [-0.2, -0.15) is 0 Å². The van der Waals surface area contributed by atoms with E-state index in [4.69, 9.17) is 0 Å². The molecule has 1 aromatic carbocycles. The number of carboxylic acid groups (broad SMARTS) is 1. The highest BCUT2D eigenvalue weighted by Gasteiger charge is 2.25. The van der Waals surface area contributed by atoms with Crippen molar-refractivity contribution in [3.63, 3.8) is 0 Å². The Hall–Kier alpha value is -1.88. The van der Waals surface area contributed by atoms with Crippen molar-refractivity contribution in [2.24, 2.45) is 5.92 Å². The predicted octanol–water partition coefficient (Wildman–Crippen LogP) is 3.06. The maximum absolute atomic E-state index is 12.1. The third kappa shape index (κ3) is 3.61. The average molecular weight is 305 g/mol. The molecule has 0 saturated heterocycles. The Labute approximate surface area is 127 Å². The van der Waals surface area contributed by atoms with Gasteiger partial charge in [-0.15, -0.1) is 11.3 Å². The minimum atomic E-state index is -0.979. The fourth-order valence-electron chi connectivity index (χ4n) is 2.25. The van der Waals surface area contributed by atoms with E-state index in [1.54, 1.807) is 11.3 Å². The highest BCUT2D eigenvalue weighted by atomic mass is 32.1. The van der Waals surface area contributed by atoms with Gasteiger partial charge in [0.2, 0.25) is 5.91 Å². The molecule has 1 amide bonds. The van der Waals surface area contributed by atoms with Crippen LogP contribution < -0.4 is 5.32 Å². The molecule has 1 aromatic heterocycles. The van der Waals surface area contributed by atoms with Gasteiger partial charge in [-0.25, -0.2) is 4.79 Å². The summed E-state index contributed by atoms with van der Waals surface area (Å²) in [6.45, 7) is 3.75. The van der Waals surface area contributed by atoms with Crippen molar-refractivity contribution in [1.29, 1.82) is 0 Å². The number of hydrogen-bond donors (Lipinski definition) is 2. The van der Waals surface area contributed by atoms with Gasteiger partial charge in [0.15, 0.2) is 0 Å². The van der Waals surface area contributed by atoms with Gasteiger partial charge in [-0.3, -0.25) is 4.79 Å². The van der Waals surface area contributed by atoms with Crippen LogP contribution in [0.1, 0.15) is 25.8 Å². The lowest BCUT2D eigenvalue weighted by Crippen LogP contribution is -2.45. The summed E-state index contributed by atoms with van der Waals surface area (Å²) < 4.78 is 1.14. The van der Waals surface area contributed by atoms with E-state index in [-0.39, 0.29) is 18.2 Å². The quantitative estimate of drug-likeness (QED) is 0.862. The molecule has 112 valence electrons. The van der Waals surface area contributed by atoms with Gasteiger partial charge in [-0.1, -0.05) is 38.5 Å². The number of hydrogen-bond acceptors (Lipinski definition) is 3. The summed E-state index contributed by atoms with van der Waals surface area (Å²) in [5.74, 6) is -1.32. The van der Waals surface area contributed by atoms with Crippen LogP contribution in [-0.2, 0) is 16.0 Å². The Morgan fingerprint density at radius 2 is 2.05 bits per heavy atom. The highest BCUT2D eigenvalue weighted by Crippen LogP contribution is 2.25. The molecule has 0 radical (unpaired) electrons. The van der Waals surface area contributed by atoms with Gasteiger partial charge < -0.3 is 10.4 Å². The zero-order chi connectivity index (χ0) is 15.4. The van der Waals surface area contributed by atoms with Crippen LogP contribution in [-0.4, -0.2) is 23.0 Å². The standard InChI is InChI=1S/C16H19NO3S/c1-3-10(2)15(16(19)20)17-14(18)8-11-9-21-13-7-5-4-6-12(11)13/h4-7,9-10,15H,3,8H2,1-2H3,(H,17,18)(H,19,20)/t10-,15+/m1/s1. The number of rotatable bonds is 6. The van der Waals surface area contributed by atoms with Gasteiger partial charge in [0.05, 0.1) is 6.42 Å². The van der Waals surface area contributed by atoms with Crippen LogP contribution in [0.2, 0.25) is 0 Å². The predicted molar refractivity (Wildman–Crippen MR) is 84.6 cm³/mol. The van der Waals surface area contributed by atoms with Crippen LogP contribution in [0.25, 0.3) is 10.1 Å². The van der Waals surface area contributed by atoms with Crippen LogP contribution in [0.3, 0.4) is 0 Å². The van der Waals surface area contributed by atoms with Crippen molar-refractivity contribution in [1.82, 2.24) is 5.32 Å². The second-order valence-corrected chi connectivity index (χ2v) is 6.11. The van der Waals surface area contributed by atoms with E-state index in [9.17, 15) is 14.7 Å². The summed E-state index contributed by atoms with van der Waals surface area (Å²) >= 11 is 1.60. The molecule has 1 heterocycles. The van der Waals surface area contributed by atoms with Gasteiger partial charge in [0, 0.05) is 4.70 Å². The summed E-state index contributed by atoms with van der Waals surface area (Å²) in [5, 5.41) is 14.9. The maximum atomic E-state index is 12.1. The SMILES string of the molecule is CC[C@@H](C)[C@H](NC(=O)Cc1csc2ccccc12)C(=O)O. The lowest BCUT2D eigenvalue weighted by molar-refractivity contribution is -0.143. The number of carbonyl (C=O) groups is 2. The summed E-state index contributed by atoms with van der Waals surface area (Å²) in [5.41, 5.74) is 0.946. The average Bonchev–Trinajstić information content (AvgIpc) is 2.87. The van der Waals surface area contributed by atoms with Crippen LogP contribution in [0.15, 0.2) is 29.6 Å². The maximum Gasteiger partial charge on any atom is 0.326 e. The molecule has 0 fully saturated rings. The molecule has 0 bridgehead atoms. The number of aliphatic carboxylic acids is 1. The molecule has 4 nitrogen and oxygen atoms in total. The molecule has 2 aromatic rings. The summed E-state index contributed by atoms with van der Waals surface area (Å²) in [7, 11) is 0. The molecule has 2 atom stereocenters. The van der Waals surface area contributed by atoms with Gasteiger partial charge in [-0.05, 0) is 28.3 Å². The smallest absolute Gasteiger partial charge is 0.326 e. The van der Waals surface area contributed by atoms with Crippen molar-refractivity contribution in [2.45, 2.75) is 32.7 Å². The van der Waals surface area contributed by atoms with Crippen molar-refractivity contribution in [3.05, 3.63) is 35.2 Å². The van der Waals surface area contributed by atoms with E-state index in [2.05, 4.69) is 5.32 Å². The molecule has 0 aliphatic carbocycles. The summed E-state index contributed by atoms with van der Waals surface area (Å²) in [6, 6.07) is 7.08. The number of benzene rings is 1. The third-order valence-electron chi connectivity index (χ3n) is 3.71. The Kier molecular flexibility index (Phi) is 4.96. The first kappa shape index (κ1) is 15.5. The Balaban J connectivity index is 2.09. The Morgan fingerprint density at radius 3 is 2.71 bits per heavy atom. The number of thiophene rings is 1. The number of amides is 1. The second-order valence-electron chi connectivity index (χ2n) is 5.20. The molecule has 21 heavy (non-hydrogen) atoms. The van der Waals surface area contributed by atoms with Crippen LogP contribution >= 0.6 is 11.3 Å². The molecule has 2 rings (SSSR count). The van der Waals surface area contributed by atoms with Crippen LogP contribution in [0.4, 0.5) is 0 Å². The molecule has 0 aliphatic heterocycles. The highest BCUT2D eigenvalue weighted by molar-refractivity contribution is 7.17. The molecular weight excluding hydrogens is 286 g/mol. The Bertz CT molecular complexity index is 650.